The number of hydrogen-bond acceptors (Lipinski definition) is 2. The lowest BCUT2D eigenvalue weighted by molar-refractivity contribution is 0.399. The fraction of sp³-hybridized carbons (Fsp3) is 1.00. The highest BCUT2D eigenvalue weighted by Crippen LogP contribution is 2.77. The summed E-state index contributed by atoms with van der Waals surface area (Å²) in [5.41, 5.74) is 0. The van der Waals surface area contributed by atoms with Gasteiger partial charge in [0.25, 0.3) is 3.67 Å². The van der Waals surface area contributed by atoms with Gasteiger partial charge in [-0.05, 0) is 0 Å². The van der Waals surface area contributed by atoms with Gasteiger partial charge in [-0.25, -0.2) is 0 Å². The molecule has 0 saturated carbocycles. The summed E-state index contributed by atoms with van der Waals surface area (Å²) in [6.45, 7) is 0. The zero-order valence-corrected chi connectivity index (χ0v) is 45.1. The first-order valence-corrected chi connectivity index (χ1v) is 23.2. The Morgan fingerprint density at radius 1 is 0.240 bits per heavy atom. The minimum atomic E-state index is -5.76. The van der Waals surface area contributed by atoms with Crippen LogP contribution >= 0.6 is 360 Å². The maximum absolute atomic E-state index is 11.9. The minimum Gasteiger partial charge on any atom is -0.283 e. The van der Waals surface area contributed by atoms with Gasteiger partial charge in [-0.3, -0.25) is 4.55 Å². The Hall–Kier alpha value is 8.90. The molecule has 0 radical (unpaired) electrons. The molecule has 0 spiro atoms. The van der Waals surface area contributed by atoms with Gasteiger partial charge in [-0.2, -0.15) is 8.42 Å². The maximum atomic E-state index is 11.9. The molecule has 0 atom stereocenters. The van der Waals surface area contributed by atoms with Crippen molar-refractivity contribution >= 4 is 370 Å². The van der Waals surface area contributed by atoms with Crippen molar-refractivity contribution < 1.29 is 13.0 Å². The van der Waals surface area contributed by atoms with Crippen molar-refractivity contribution in [3.05, 3.63) is 0 Å². The predicted octanol–water partition coefficient (Wildman–Crippen LogP) is 17.6. The van der Waals surface area contributed by atoms with E-state index in [1.165, 1.54) is 0 Å². The summed E-state index contributed by atoms with van der Waals surface area (Å²) >= 11 is 193. The van der Waals surface area contributed by atoms with Gasteiger partial charge in [-0.15, -0.1) is 0 Å². The van der Waals surface area contributed by atoms with Crippen molar-refractivity contribution in [1.29, 1.82) is 0 Å². The van der Waals surface area contributed by atoms with Gasteiger partial charge in [0.1, 0.15) is 0 Å². The molecule has 3 nitrogen and oxygen atoms in total. The van der Waals surface area contributed by atoms with Gasteiger partial charge in [0.05, 0.1) is 0 Å². The third-order valence-corrected chi connectivity index (χ3v) is 29.9. The second-order valence-electron chi connectivity index (χ2n) is 8.96. The number of halogens is 31. The average Bonchev–Trinajstić information content (AvgIpc) is 2.85. The lowest BCUT2D eigenvalue weighted by atomic mass is 9.97. The van der Waals surface area contributed by atoms with Crippen LogP contribution in [0.3, 0.4) is 0 Å². The van der Waals surface area contributed by atoms with Crippen molar-refractivity contribution in [2.45, 2.75) is 63.8 Å². The number of alkyl halides is 31. The first-order valence-electron chi connectivity index (χ1n) is 10.1. The van der Waals surface area contributed by atoms with Crippen LogP contribution in [-0.4, -0.2) is 76.8 Å². The topological polar surface area (TPSA) is 54.4 Å². The molecule has 0 bridgehead atoms. The molecule has 0 fully saturated rings. The average molecular weight is 1360 g/mol. The Bertz CT molecular complexity index is 1380. The van der Waals surface area contributed by atoms with Crippen molar-refractivity contribution in [2.24, 2.45) is 0 Å². The van der Waals surface area contributed by atoms with E-state index in [1.807, 2.05) is 0 Å². The Balaban J connectivity index is 7.73. The lowest BCUT2D eigenvalue weighted by Gasteiger charge is -2.58. The summed E-state index contributed by atoms with van der Waals surface area (Å²) in [5, 5.41) is 0. The van der Waals surface area contributed by atoms with E-state index >= 15 is 0 Å². The molecule has 0 heterocycles. The molecule has 1 N–H and O–H groups in total. The molecule has 0 aliphatic carbocycles. The predicted molar refractivity (Wildman–Crippen MR) is 234 cm³/mol. The van der Waals surface area contributed by atoms with Crippen molar-refractivity contribution in [3.63, 3.8) is 0 Å². The molecule has 0 aromatic heterocycles. The molecular formula is C15HCl31O3S. The minimum absolute atomic E-state index is 2.86. The van der Waals surface area contributed by atoms with E-state index in [4.69, 9.17) is 360 Å². The van der Waals surface area contributed by atoms with Gasteiger partial charge in [-0.1, -0.05) is 360 Å². The highest BCUT2D eigenvalue weighted by atomic mass is 35.6. The summed E-state index contributed by atoms with van der Waals surface area (Å²) < 4.78 is -19.9. The van der Waals surface area contributed by atoms with Crippen LogP contribution in [0.1, 0.15) is 0 Å². The van der Waals surface area contributed by atoms with Crippen molar-refractivity contribution in [2.75, 3.05) is 0 Å². The monoisotopic (exact) mass is 1340 g/mol. The SMILES string of the molecule is O=S(=O)(O)C(Cl)(Cl)C(Cl)(Cl)C(Cl)(Cl)C(Cl)(Cl)C(Cl)(Cl)C(Cl)(Cl)C(Cl)(Cl)C(Cl)(Cl)C(Cl)(Cl)C(Cl)(Cl)C(Cl)(Cl)C(Cl)(Cl)C(Cl)(Cl)C(Cl)(Cl)C(Cl)(Cl)Cl. The fourth-order valence-corrected chi connectivity index (χ4v) is 14.0. The molecule has 0 rings (SSSR count). The zero-order chi connectivity index (χ0) is 42.0. The first kappa shape index (κ1) is 58.9. The molecule has 0 unspecified atom stereocenters. The Kier molecular flexibility index (Phi) is 20.1. The largest absolute Gasteiger partial charge is 0.302 e. The fourth-order valence-electron chi connectivity index (χ4n) is 2.69. The Labute approximate surface area is 439 Å². The normalized spacial score (nSPS) is 17.4. The van der Waals surface area contributed by atoms with E-state index in [-0.39, 0.29) is 0 Å². The highest BCUT2D eigenvalue weighted by molar-refractivity contribution is 7.90. The lowest BCUT2D eigenvalue weighted by Crippen LogP contribution is -2.75. The van der Waals surface area contributed by atoms with Gasteiger partial charge in [0, 0.05) is 0 Å². The molecule has 302 valence electrons. The van der Waals surface area contributed by atoms with Crippen molar-refractivity contribution in [3.8, 4) is 0 Å². The van der Waals surface area contributed by atoms with Crippen LogP contribution < -0.4 is 0 Å². The summed E-state index contributed by atoms with van der Waals surface area (Å²) in [7, 11) is -5.76. The van der Waals surface area contributed by atoms with Gasteiger partial charge in [0.15, 0.2) is 47.7 Å². The summed E-state index contributed by atoms with van der Waals surface area (Å²) in [4.78, 5) is 0. The van der Waals surface area contributed by atoms with E-state index in [2.05, 4.69) is 0 Å². The molecule has 35 heteroatoms. The molecule has 0 aliphatic rings. The molecule has 0 aromatic rings. The third kappa shape index (κ3) is 8.59. The van der Waals surface area contributed by atoms with E-state index < -0.39 is 73.9 Å². The van der Waals surface area contributed by atoms with Gasteiger partial charge >= 0.3 is 10.1 Å². The van der Waals surface area contributed by atoms with E-state index in [0.717, 1.165) is 0 Å². The van der Waals surface area contributed by atoms with Gasteiger partial charge < -0.3 is 0 Å². The third-order valence-electron chi connectivity index (χ3n) is 5.78. The van der Waals surface area contributed by atoms with Gasteiger partial charge in [0.2, 0.25) is 12.5 Å². The second kappa shape index (κ2) is 17.0. The molecule has 0 aromatic carbocycles. The molecule has 0 aliphatic heterocycles. The number of rotatable bonds is 14. The van der Waals surface area contributed by atoms with E-state index in [1.54, 1.807) is 0 Å². The van der Waals surface area contributed by atoms with Crippen LogP contribution in [0.4, 0.5) is 0 Å². The molecule has 50 heavy (non-hydrogen) atoms. The van der Waals surface area contributed by atoms with E-state index in [0.29, 0.717) is 0 Å². The zero-order valence-electron chi connectivity index (χ0n) is 20.9. The smallest absolute Gasteiger partial charge is 0.283 e. The first-order chi connectivity index (χ1) is 20.8. The second-order valence-corrected chi connectivity index (χ2v) is 31.8. The van der Waals surface area contributed by atoms with Crippen LogP contribution in [0.25, 0.3) is 0 Å². The van der Waals surface area contributed by atoms with Crippen molar-refractivity contribution in [1.82, 2.24) is 0 Å². The van der Waals surface area contributed by atoms with Crippen LogP contribution in [0.15, 0.2) is 0 Å². The molecular weight excluding hydrogens is 1360 g/mol. The Morgan fingerprint density at radius 2 is 0.360 bits per heavy atom. The maximum Gasteiger partial charge on any atom is 0.302 e. The molecule has 0 amide bonds. The quantitative estimate of drug-likeness (QED) is 0.139. The summed E-state index contributed by atoms with van der Waals surface area (Å²) in [5.74, 6) is 0. The summed E-state index contributed by atoms with van der Waals surface area (Å²) in [6, 6.07) is 0. The standard InChI is InChI=1S/C15HCl31O3S/c16-1(17,2(18,19)4(22,23)6(26,27)8(30,31)10(34,35)12(38,39)14(42,43)44)3(20,21)5(24,25)7(28,29)9(32,33)11(36,37)13(40,41)15(45,46)50(47,48)49/h(H,47,48,49). The molecule has 0 saturated heterocycles. The van der Waals surface area contributed by atoms with Crippen LogP contribution in [0.5, 0.6) is 0 Å². The Morgan fingerprint density at radius 3 is 0.480 bits per heavy atom. The van der Waals surface area contributed by atoms with E-state index in [9.17, 15) is 13.0 Å². The highest BCUT2D eigenvalue weighted by Gasteiger charge is 2.87. The summed E-state index contributed by atoms with van der Waals surface area (Å²) in [6.07, 6.45) is 0. The number of hydrogen-bond donors (Lipinski definition) is 1. The van der Waals surface area contributed by atoms with Crippen LogP contribution in [0.2, 0.25) is 0 Å². The van der Waals surface area contributed by atoms with Crippen LogP contribution in [0, 0.1) is 0 Å². The van der Waals surface area contributed by atoms with Crippen LogP contribution in [-0.2, 0) is 10.1 Å².